The van der Waals surface area contributed by atoms with E-state index in [1.54, 1.807) is 7.05 Å². The van der Waals surface area contributed by atoms with Crippen LogP contribution < -0.4 is 5.32 Å². The zero-order valence-electron chi connectivity index (χ0n) is 7.01. The second-order valence-electron chi connectivity index (χ2n) is 2.62. The standard InChI is InChI=1S/C8H15N3/c1-8(7-9-2)11-5-3-10-4-6-11/h7,10H,1,3-6H2,2H3. The summed E-state index contributed by atoms with van der Waals surface area (Å²) in [4.78, 5) is 6.16. The molecule has 1 heterocycles. The molecule has 11 heavy (non-hydrogen) atoms. The molecule has 0 unspecified atom stereocenters. The summed E-state index contributed by atoms with van der Waals surface area (Å²) in [5, 5.41) is 3.28. The molecule has 0 aromatic heterocycles. The first-order valence-corrected chi connectivity index (χ1v) is 3.91. The number of hydrogen-bond acceptors (Lipinski definition) is 3. The van der Waals surface area contributed by atoms with E-state index in [0.717, 1.165) is 31.9 Å². The lowest BCUT2D eigenvalue weighted by Crippen LogP contribution is -2.42. The Morgan fingerprint density at radius 2 is 2.18 bits per heavy atom. The van der Waals surface area contributed by atoms with Gasteiger partial charge in [0.1, 0.15) is 0 Å². The fraction of sp³-hybridized carbons (Fsp3) is 0.625. The quantitative estimate of drug-likeness (QED) is 0.570. The highest BCUT2D eigenvalue weighted by atomic mass is 15.2. The van der Waals surface area contributed by atoms with Crippen molar-refractivity contribution in [2.24, 2.45) is 4.99 Å². The van der Waals surface area contributed by atoms with Gasteiger partial charge in [-0.3, -0.25) is 4.99 Å². The van der Waals surface area contributed by atoms with Gasteiger partial charge in [0.15, 0.2) is 0 Å². The summed E-state index contributed by atoms with van der Waals surface area (Å²) < 4.78 is 0. The number of hydrogen-bond donors (Lipinski definition) is 1. The van der Waals surface area contributed by atoms with E-state index in [1.807, 2.05) is 6.21 Å². The second-order valence-corrected chi connectivity index (χ2v) is 2.62. The van der Waals surface area contributed by atoms with Crippen molar-refractivity contribution < 1.29 is 0 Å². The van der Waals surface area contributed by atoms with Crippen LogP contribution in [-0.2, 0) is 0 Å². The van der Waals surface area contributed by atoms with Crippen LogP contribution >= 0.6 is 0 Å². The van der Waals surface area contributed by atoms with Crippen LogP contribution in [0.15, 0.2) is 17.3 Å². The number of allylic oxidation sites excluding steroid dienone is 1. The molecule has 0 amide bonds. The van der Waals surface area contributed by atoms with Crippen molar-refractivity contribution in [3.8, 4) is 0 Å². The molecular formula is C8H15N3. The maximum Gasteiger partial charge on any atom is 0.0475 e. The molecule has 0 aromatic rings. The molecule has 3 heteroatoms. The van der Waals surface area contributed by atoms with Gasteiger partial charge in [0, 0.05) is 45.1 Å². The van der Waals surface area contributed by atoms with Crippen LogP contribution in [-0.4, -0.2) is 44.3 Å². The minimum absolute atomic E-state index is 1.02. The van der Waals surface area contributed by atoms with Gasteiger partial charge in [-0.05, 0) is 0 Å². The maximum absolute atomic E-state index is 3.92. The molecular weight excluding hydrogens is 138 g/mol. The van der Waals surface area contributed by atoms with Crippen LogP contribution in [0, 0.1) is 0 Å². The molecule has 1 saturated heterocycles. The highest BCUT2D eigenvalue weighted by Crippen LogP contribution is 1.99. The van der Waals surface area contributed by atoms with E-state index in [4.69, 9.17) is 0 Å². The highest BCUT2D eigenvalue weighted by molar-refractivity contribution is 5.76. The Bertz CT molecular complexity index is 157. The SMILES string of the molecule is C=C(C=NC)N1CCNCC1. The lowest BCUT2D eigenvalue weighted by Gasteiger charge is -2.29. The van der Waals surface area contributed by atoms with Crippen molar-refractivity contribution in [3.63, 3.8) is 0 Å². The van der Waals surface area contributed by atoms with Gasteiger partial charge in [-0.25, -0.2) is 0 Å². The van der Waals surface area contributed by atoms with Crippen LogP contribution in [0.5, 0.6) is 0 Å². The van der Waals surface area contributed by atoms with Crippen LogP contribution in [0.2, 0.25) is 0 Å². The molecule has 1 rings (SSSR count). The van der Waals surface area contributed by atoms with E-state index in [1.165, 1.54) is 0 Å². The van der Waals surface area contributed by atoms with E-state index in [0.29, 0.717) is 0 Å². The van der Waals surface area contributed by atoms with E-state index in [-0.39, 0.29) is 0 Å². The predicted molar refractivity (Wildman–Crippen MR) is 48.0 cm³/mol. The van der Waals surface area contributed by atoms with Crippen molar-refractivity contribution >= 4 is 6.21 Å². The monoisotopic (exact) mass is 153 g/mol. The molecule has 62 valence electrons. The first-order valence-electron chi connectivity index (χ1n) is 3.91. The molecule has 1 aliphatic rings. The summed E-state index contributed by atoms with van der Waals surface area (Å²) in [7, 11) is 1.77. The maximum atomic E-state index is 3.92. The summed E-state index contributed by atoms with van der Waals surface area (Å²) >= 11 is 0. The van der Waals surface area contributed by atoms with Crippen molar-refractivity contribution in [2.45, 2.75) is 0 Å². The normalized spacial score (nSPS) is 19.2. The first-order chi connectivity index (χ1) is 5.34. The average Bonchev–Trinajstić information content (AvgIpc) is 2.07. The summed E-state index contributed by atoms with van der Waals surface area (Å²) in [5.74, 6) is 0. The van der Waals surface area contributed by atoms with Gasteiger partial charge in [0.2, 0.25) is 0 Å². The van der Waals surface area contributed by atoms with Crippen LogP contribution in [0.25, 0.3) is 0 Å². The molecule has 1 fully saturated rings. The molecule has 0 atom stereocenters. The van der Waals surface area contributed by atoms with Gasteiger partial charge in [0.05, 0.1) is 0 Å². The molecule has 1 N–H and O–H groups in total. The lowest BCUT2D eigenvalue weighted by atomic mass is 10.3. The topological polar surface area (TPSA) is 27.6 Å². The largest absolute Gasteiger partial charge is 0.368 e. The fourth-order valence-electron chi connectivity index (χ4n) is 1.18. The van der Waals surface area contributed by atoms with Crippen molar-refractivity contribution in [2.75, 3.05) is 33.2 Å². The third kappa shape index (κ3) is 2.35. The average molecular weight is 153 g/mol. The van der Waals surface area contributed by atoms with Crippen molar-refractivity contribution in [1.82, 2.24) is 10.2 Å². The van der Waals surface area contributed by atoms with Crippen LogP contribution in [0.1, 0.15) is 0 Å². The highest BCUT2D eigenvalue weighted by Gasteiger charge is 2.08. The summed E-state index contributed by atoms with van der Waals surface area (Å²) in [6.07, 6.45) is 1.81. The molecule has 0 saturated carbocycles. The van der Waals surface area contributed by atoms with Gasteiger partial charge in [-0.15, -0.1) is 0 Å². The smallest absolute Gasteiger partial charge is 0.0475 e. The van der Waals surface area contributed by atoms with E-state index in [9.17, 15) is 0 Å². The first kappa shape index (κ1) is 8.27. The number of piperazine rings is 1. The molecule has 3 nitrogen and oxygen atoms in total. The molecule has 0 aromatic carbocycles. The molecule has 0 spiro atoms. The number of aliphatic imine (C=N–C) groups is 1. The summed E-state index contributed by atoms with van der Waals surface area (Å²) in [6.45, 7) is 8.11. The van der Waals surface area contributed by atoms with Gasteiger partial charge in [0.25, 0.3) is 0 Å². The van der Waals surface area contributed by atoms with E-state index < -0.39 is 0 Å². The molecule has 0 bridgehead atoms. The summed E-state index contributed by atoms with van der Waals surface area (Å²) in [6, 6.07) is 0. The molecule has 1 aliphatic heterocycles. The van der Waals surface area contributed by atoms with Crippen LogP contribution in [0.4, 0.5) is 0 Å². The third-order valence-corrected chi connectivity index (χ3v) is 1.80. The zero-order chi connectivity index (χ0) is 8.10. The predicted octanol–water partition coefficient (Wildman–Crippen LogP) is 0.106. The van der Waals surface area contributed by atoms with E-state index in [2.05, 4.69) is 21.8 Å². The number of rotatable bonds is 2. The van der Waals surface area contributed by atoms with E-state index >= 15 is 0 Å². The van der Waals surface area contributed by atoms with Crippen LogP contribution in [0.3, 0.4) is 0 Å². The number of nitrogens with zero attached hydrogens (tertiary/aromatic N) is 2. The Morgan fingerprint density at radius 1 is 1.55 bits per heavy atom. The summed E-state index contributed by atoms with van der Waals surface area (Å²) in [5.41, 5.74) is 1.02. The lowest BCUT2D eigenvalue weighted by molar-refractivity contribution is 0.314. The Labute approximate surface area is 67.8 Å². The van der Waals surface area contributed by atoms with Gasteiger partial charge < -0.3 is 10.2 Å². The minimum atomic E-state index is 1.02. The van der Waals surface area contributed by atoms with Gasteiger partial charge in [-0.1, -0.05) is 6.58 Å². The Morgan fingerprint density at radius 3 is 2.73 bits per heavy atom. The number of nitrogens with one attached hydrogen (secondary N) is 1. The van der Waals surface area contributed by atoms with Crippen molar-refractivity contribution in [3.05, 3.63) is 12.3 Å². The molecule has 0 aliphatic carbocycles. The zero-order valence-corrected chi connectivity index (χ0v) is 7.01. The Hall–Kier alpha value is -0.830. The molecule has 0 radical (unpaired) electrons. The van der Waals surface area contributed by atoms with Gasteiger partial charge >= 0.3 is 0 Å². The minimum Gasteiger partial charge on any atom is -0.368 e. The Kier molecular flexibility index (Phi) is 3.11. The van der Waals surface area contributed by atoms with Gasteiger partial charge in [-0.2, -0.15) is 0 Å². The van der Waals surface area contributed by atoms with Crippen molar-refractivity contribution in [1.29, 1.82) is 0 Å². The second kappa shape index (κ2) is 4.13. The fourth-order valence-corrected chi connectivity index (χ4v) is 1.18. The third-order valence-electron chi connectivity index (χ3n) is 1.80. The Balaban J connectivity index is 2.38.